The second-order valence-electron chi connectivity index (χ2n) is 5.52. The van der Waals surface area contributed by atoms with Gasteiger partial charge in [0.05, 0.1) is 0 Å². The first-order chi connectivity index (χ1) is 11.1. The van der Waals surface area contributed by atoms with Crippen LogP contribution in [0.1, 0.15) is 23.2 Å². The standard InChI is InChI=1S/C16H16ClN3O2S/c17-13-5-3-12(4-6-13)15(22)20(9-11-1-2-11)10-14(21)19-16-18-7-8-23-16/h3-8,11H,1-2,9-10H2,(H,18,19,21). The molecule has 23 heavy (non-hydrogen) atoms. The van der Waals surface area contributed by atoms with E-state index in [1.807, 2.05) is 0 Å². The van der Waals surface area contributed by atoms with Gasteiger partial charge in [-0.2, -0.15) is 0 Å². The number of nitrogens with one attached hydrogen (secondary N) is 1. The number of rotatable bonds is 6. The number of halogens is 1. The van der Waals surface area contributed by atoms with Gasteiger partial charge in [-0.3, -0.25) is 9.59 Å². The fourth-order valence-corrected chi connectivity index (χ4v) is 2.89. The fraction of sp³-hybridized carbons (Fsp3) is 0.312. The van der Waals surface area contributed by atoms with Crippen LogP contribution in [0.15, 0.2) is 35.8 Å². The van der Waals surface area contributed by atoms with E-state index in [0.717, 1.165) is 12.8 Å². The van der Waals surface area contributed by atoms with Crippen molar-refractivity contribution in [2.45, 2.75) is 12.8 Å². The molecular weight excluding hydrogens is 334 g/mol. The fourth-order valence-electron chi connectivity index (χ4n) is 2.22. The SMILES string of the molecule is O=C(CN(CC1CC1)C(=O)c1ccc(Cl)cc1)Nc1nccs1. The molecular formula is C16H16ClN3O2S. The Kier molecular flexibility index (Phi) is 4.93. The molecule has 0 spiro atoms. The summed E-state index contributed by atoms with van der Waals surface area (Å²) in [5.41, 5.74) is 0.539. The van der Waals surface area contributed by atoms with Crippen LogP contribution >= 0.6 is 22.9 Å². The number of aromatic nitrogens is 1. The smallest absolute Gasteiger partial charge is 0.254 e. The van der Waals surface area contributed by atoms with Crippen LogP contribution in [-0.2, 0) is 4.79 Å². The number of nitrogens with zero attached hydrogens (tertiary/aromatic N) is 2. The first kappa shape index (κ1) is 16.0. The minimum Gasteiger partial charge on any atom is -0.329 e. The number of carbonyl (C=O) groups excluding carboxylic acids is 2. The summed E-state index contributed by atoms with van der Waals surface area (Å²) in [6.45, 7) is 0.629. The van der Waals surface area contributed by atoms with Gasteiger partial charge in [0.2, 0.25) is 5.91 Å². The number of hydrogen-bond donors (Lipinski definition) is 1. The molecule has 0 unspecified atom stereocenters. The van der Waals surface area contributed by atoms with E-state index in [2.05, 4.69) is 10.3 Å². The van der Waals surface area contributed by atoms with Crippen molar-refractivity contribution in [3.05, 3.63) is 46.4 Å². The second kappa shape index (κ2) is 7.10. The Balaban J connectivity index is 1.67. The van der Waals surface area contributed by atoms with Gasteiger partial charge in [-0.1, -0.05) is 11.6 Å². The summed E-state index contributed by atoms with van der Waals surface area (Å²) in [6.07, 6.45) is 3.85. The topological polar surface area (TPSA) is 62.3 Å². The molecule has 1 aromatic carbocycles. The molecule has 0 atom stereocenters. The van der Waals surface area contributed by atoms with E-state index in [4.69, 9.17) is 11.6 Å². The summed E-state index contributed by atoms with van der Waals surface area (Å²) in [4.78, 5) is 30.4. The monoisotopic (exact) mass is 349 g/mol. The molecule has 120 valence electrons. The molecule has 0 aliphatic heterocycles. The van der Waals surface area contributed by atoms with Gasteiger partial charge >= 0.3 is 0 Å². The van der Waals surface area contributed by atoms with E-state index in [9.17, 15) is 9.59 Å². The Bertz CT molecular complexity index is 684. The first-order valence-corrected chi connectivity index (χ1v) is 8.62. The molecule has 0 radical (unpaired) electrons. The van der Waals surface area contributed by atoms with Gasteiger partial charge < -0.3 is 10.2 Å². The zero-order valence-corrected chi connectivity index (χ0v) is 13.9. The summed E-state index contributed by atoms with van der Waals surface area (Å²) in [5.74, 6) is 0.115. The molecule has 1 heterocycles. The molecule has 1 N–H and O–H groups in total. The van der Waals surface area contributed by atoms with Crippen LogP contribution in [0, 0.1) is 5.92 Å². The Hall–Kier alpha value is -1.92. The third-order valence-electron chi connectivity index (χ3n) is 3.57. The molecule has 7 heteroatoms. The average molecular weight is 350 g/mol. The molecule has 0 saturated heterocycles. The van der Waals surface area contributed by atoms with E-state index in [1.54, 1.807) is 40.7 Å². The van der Waals surface area contributed by atoms with Crippen molar-refractivity contribution in [2.75, 3.05) is 18.4 Å². The molecule has 2 aromatic rings. The number of benzene rings is 1. The lowest BCUT2D eigenvalue weighted by molar-refractivity contribution is -0.116. The van der Waals surface area contributed by atoms with E-state index in [1.165, 1.54) is 11.3 Å². The predicted molar refractivity (Wildman–Crippen MR) is 90.8 cm³/mol. The minimum absolute atomic E-state index is 0.0253. The van der Waals surface area contributed by atoms with E-state index in [0.29, 0.717) is 28.2 Å². The highest BCUT2D eigenvalue weighted by atomic mass is 35.5. The Morgan fingerprint density at radius 3 is 2.65 bits per heavy atom. The molecule has 1 aromatic heterocycles. The van der Waals surface area contributed by atoms with Crippen molar-refractivity contribution in [3.63, 3.8) is 0 Å². The summed E-state index contributed by atoms with van der Waals surface area (Å²) in [5, 5.41) is 5.63. The molecule has 1 saturated carbocycles. The van der Waals surface area contributed by atoms with Gasteiger partial charge in [0.1, 0.15) is 6.54 Å². The van der Waals surface area contributed by atoms with Gasteiger partial charge in [0, 0.05) is 28.7 Å². The Labute approximate surface area is 143 Å². The van der Waals surface area contributed by atoms with Gasteiger partial charge in [-0.15, -0.1) is 11.3 Å². The highest BCUT2D eigenvalue weighted by Gasteiger charge is 2.28. The van der Waals surface area contributed by atoms with Crippen molar-refractivity contribution in [2.24, 2.45) is 5.92 Å². The van der Waals surface area contributed by atoms with Crippen LogP contribution in [0.5, 0.6) is 0 Å². The molecule has 5 nitrogen and oxygen atoms in total. The van der Waals surface area contributed by atoms with Crippen molar-refractivity contribution in [1.29, 1.82) is 0 Å². The van der Waals surface area contributed by atoms with Crippen LogP contribution in [-0.4, -0.2) is 34.8 Å². The van der Waals surface area contributed by atoms with Crippen LogP contribution < -0.4 is 5.32 Å². The largest absolute Gasteiger partial charge is 0.329 e. The maximum Gasteiger partial charge on any atom is 0.254 e. The van der Waals surface area contributed by atoms with Gasteiger partial charge in [-0.25, -0.2) is 4.98 Å². The lowest BCUT2D eigenvalue weighted by atomic mass is 10.2. The quantitative estimate of drug-likeness (QED) is 0.870. The van der Waals surface area contributed by atoms with E-state index >= 15 is 0 Å². The van der Waals surface area contributed by atoms with Gasteiger partial charge in [-0.05, 0) is 43.0 Å². The summed E-state index contributed by atoms with van der Waals surface area (Å²) in [6, 6.07) is 6.73. The maximum atomic E-state index is 12.6. The van der Waals surface area contributed by atoms with Gasteiger partial charge in [0.15, 0.2) is 5.13 Å². The van der Waals surface area contributed by atoms with Crippen molar-refractivity contribution < 1.29 is 9.59 Å². The van der Waals surface area contributed by atoms with Crippen LogP contribution in [0.25, 0.3) is 0 Å². The number of amides is 2. The summed E-state index contributed by atoms with van der Waals surface area (Å²) >= 11 is 7.21. The first-order valence-electron chi connectivity index (χ1n) is 7.36. The van der Waals surface area contributed by atoms with Crippen LogP contribution in [0.2, 0.25) is 5.02 Å². The van der Waals surface area contributed by atoms with Crippen LogP contribution in [0.4, 0.5) is 5.13 Å². The third-order valence-corrected chi connectivity index (χ3v) is 4.51. The molecule has 1 aliphatic carbocycles. The molecule has 3 rings (SSSR count). The van der Waals surface area contributed by atoms with E-state index < -0.39 is 0 Å². The van der Waals surface area contributed by atoms with Gasteiger partial charge in [0.25, 0.3) is 5.91 Å². The van der Waals surface area contributed by atoms with Crippen molar-refractivity contribution in [3.8, 4) is 0 Å². The number of carbonyl (C=O) groups is 2. The number of hydrogen-bond acceptors (Lipinski definition) is 4. The number of anilines is 1. The zero-order chi connectivity index (χ0) is 16.2. The average Bonchev–Trinajstić information content (AvgIpc) is 3.21. The normalized spacial score (nSPS) is 13.6. The second-order valence-corrected chi connectivity index (χ2v) is 6.85. The minimum atomic E-state index is -0.233. The third kappa shape index (κ3) is 4.53. The molecule has 0 bridgehead atoms. The van der Waals surface area contributed by atoms with Crippen molar-refractivity contribution in [1.82, 2.24) is 9.88 Å². The number of thiazole rings is 1. The lowest BCUT2D eigenvalue weighted by Crippen LogP contribution is -2.39. The summed E-state index contributed by atoms with van der Waals surface area (Å²) < 4.78 is 0. The van der Waals surface area contributed by atoms with E-state index in [-0.39, 0.29) is 18.4 Å². The van der Waals surface area contributed by atoms with Crippen molar-refractivity contribution >= 4 is 39.9 Å². The Morgan fingerprint density at radius 1 is 1.30 bits per heavy atom. The maximum absolute atomic E-state index is 12.6. The highest BCUT2D eigenvalue weighted by molar-refractivity contribution is 7.13. The predicted octanol–water partition coefficient (Wildman–Crippen LogP) is 3.29. The zero-order valence-electron chi connectivity index (χ0n) is 12.4. The lowest BCUT2D eigenvalue weighted by Gasteiger charge is -2.22. The highest BCUT2D eigenvalue weighted by Crippen LogP contribution is 2.30. The van der Waals surface area contributed by atoms with Crippen LogP contribution in [0.3, 0.4) is 0 Å². The Morgan fingerprint density at radius 2 is 2.04 bits per heavy atom. The molecule has 2 amide bonds. The molecule has 1 aliphatic rings. The summed E-state index contributed by atoms with van der Waals surface area (Å²) in [7, 11) is 0. The molecule has 1 fully saturated rings.